The zero-order chi connectivity index (χ0) is 13.8. The van der Waals surface area contributed by atoms with Gasteiger partial charge in [-0.05, 0) is 18.6 Å². The molecule has 0 N–H and O–H groups in total. The molecule has 0 heterocycles. The Morgan fingerprint density at radius 3 is 2.56 bits per heavy atom. The van der Waals surface area contributed by atoms with Crippen molar-refractivity contribution in [3.8, 4) is 0 Å². The zero-order valence-electron chi connectivity index (χ0n) is 9.89. The second kappa shape index (κ2) is 6.05. The number of halogens is 4. The van der Waals surface area contributed by atoms with Gasteiger partial charge in [0, 0.05) is 17.2 Å². The molecule has 0 aromatic carbocycles. The topological polar surface area (TPSA) is 12.4 Å². The Balaban J connectivity index is 2.97. The van der Waals surface area contributed by atoms with Crippen molar-refractivity contribution in [3.05, 3.63) is 47.2 Å². The maximum absolute atomic E-state index is 12.7. The van der Waals surface area contributed by atoms with Crippen LogP contribution in [-0.4, -0.2) is 11.9 Å². The number of allylic oxidation sites excluding steroid dienone is 7. The van der Waals surface area contributed by atoms with Gasteiger partial charge in [-0.2, -0.15) is 13.2 Å². The predicted octanol–water partition coefficient (Wildman–Crippen LogP) is 4.92. The van der Waals surface area contributed by atoms with Crippen LogP contribution in [-0.2, 0) is 0 Å². The Morgan fingerprint density at radius 1 is 1.50 bits per heavy atom. The third kappa shape index (κ3) is 4.53. The first-order valence-electron chi connectivity index (χ1n) is 5.41. The molecule has 0 amide bonds. The molecule has 0 aliphatic heterocycles. The number of nitrogens with zero attached hydrogens (tertiary/aromatic N) is 1. The summed E-state index contributed by atoms with van der Waals surface area (Å²) in [4.78, 5) is 3.59. The molecule has 0 radical (unpaired) electrons. The first-order chi connectivity index (χ1) is 8.32. The van der Waals surface area contributed by atoms with Crippen molar-refractivity contribution in [1.29, 1.82) is 0 Å². The van der Waals surface area contributed by atoms with E-state index in [9.17, 15) is 13.2 Å². The van der Waals surface area contributed by atoms with Crippen LogP contribution in [0.2, 0.25) is 0 Å². The highest BCUT2D eigenvalue weighted by Crippen LogP contribution is 2.29. The third-order valence-electron chi connectivity index (χ3n) is 2.32. The normalized spacial score (nSPS) is 19.1. The fourth-order valence-electron chi connectivity index (χ4n) is 1.40. The molecule has 0 aromatic rings. The highest BCUT2D eigenvalue weighted by atomic mass is 35.5. The molecular weight excluding hydrogens is 263 g/mol. The van der Waals surface area contributed by atoms with E-state index < -0.39 is 11.9 Å². The number of aliphatic imine (C=N–C) groups is 1. The minimum Gasteiger partial charge on any atom is -0.248 e. The highest BCUT2D eigenvalue weighted by Gasteiger charge is 2.34. The maximum atomic E-state index is 12.7. The summed E-state index contributed by atoms with van der Waals surface area (Å²) in [6.07, 6.45) is 2.66. The van der Waals surface area contributed by atoms with Crippen LogP contribution in [0.25, 0.3) is 0 Å². The van der Waals surface area contributed by atoms with Crippen LogP contribution in [0.5, 0.6) is 0 Å². The van der Waals surface area contributed by atoms with Crippen molar-refractivity contribution in [2.24, 2.45) is 4.99 Å². The van der Waals surface area contributed by atoms with Gasteiger partial charge in [-0.3, -0.25) is 0 Å². The summed E-state index contributed by atoms with van der Waals surface area (Å²) >= 11 is 5.37. The third-order valence-corrected chi connectivity index (χ3v) is 2.43. The summed E-state index contributed by atoms with van der Waals surface area (Å²) < 4.78 is 38.0. The SMILES string of the molecule is C=C(Cl)/C=C(\N=C1C=CC(CC)=CC1)C(F)(F)F. The minimum atomic E-state index is -4.53. The lowest BCUT2D eigenvalue weighted by molar-refractivity contribution is -0.0923. The van der Waals surface area contributed by atoms with E-state index in [-0.39, 0.29) is 5.03 Å². The van der Waals surface area contributed by atoms with Crippen molar-refractivity contribution < 1.29 is 13.2 Å². The number of hydrogen-bond donors (Lipinski definition) is 0. The predicted molar refractivity (Wildman–Crippen MR) is 68.7 cm³/mol. The molecule has 0 atom stereocenters. The van der Waals surface area contributed by atoms with Crippen LogP contribution < -0.4 is 0 Å². The molecule has 0 aromatic heterocycles. The van der Waals surface area contributed by atoms with Crippen LogP contribution in [0.4, 0.5) is 13.2 Å². The Hall–Kier alpha value is -1.29. The van der Waals surface area contributed by atoms with E-state index in [1.807, 2.05) is 13.0 Å². The van der Waals surface area contributed by atoms with Crippen LogP contribution in [0.1, 0.15) is 19.8 Å². The lowest BCUT2D eigenvalue weighted by Gasteiger charge is -2.10. The molecule has 18 heavy (non-hydrogen) atoms. The molecule has 0 fully saturated rings. The van der Waals surface area contributed by atoms with Crippen molar-refractivity contribution in [2.75, 3.05) is 0 Å². The standard InChI is InChI=1S/C13H13ClF3N/c1-3-10-4-6-11(7-5-10)18-12(8-9(2)14)13(15,16)17/h4-6,8H,2-3,7H2,1H3/b12-8-,18-11?. The summed E-state index contributed by atoms with van der Waals surface area (Å²) in [5, 5.41) is -0.198. The molecule has 1 rings (SSSR count). The number of rotatable bonds is 3. The number of alkyl halides is 3. The van der Waals surface area contributed by atoms with Gasteiger partial charge >= 0.3 is 6.18 Å². The maximum Gasteiger partial charge on any atom is 0.433 e. The first kappa shape index (κ1) is 14.8. The van der Waals surface area contributed by atoms with E-state index in [0.29, 0.717) is 12.1 Å². The summed E-state index contributed by atoms with van der Waals surface area (Å²) in [6, 6.07) is 0. The second-order valence-corrected chi connectivity index (χ2v) is 4.23. The molecule has 98 valence electrons. The van der Waals surface area contributed by atoms with Gasteiger partial charge in [0.15, 0.2) is 0 Å². The lowest BCUT2D eigenvalue weighted by Crippen LogP contribution is -2.12. The van der Waals surface area contributed by atoms with Gasteiger partial charge in [-0.25, -0.2) is 4.99 Å². The van der Waals surface area contributed by atoms with E-state index in [2.05, 4.69) is 11.6 Å². The van der Waals surface area contributed by atoms with E-state index in [1.54, 1.807) is 12.2 Å². The van der Waals surface area contributed by atoms with Crippen LogP contribution in [0.15, 0.2) is 52.2 Å². The molecule has 0 bridgehead atoms. The molecule has 0 unspecified atom stereocenters. The molecule has 0 saturated carbocycles. The van der Waals surface area contributed by atoms with E-state index in [0.717, 1.165) is 18.1 Å². The second-order valence-electron chi connectivity index (χ2n) is 3.75. The van der Waals surface area contributed by atoms with E-state index in [4.69, 9.17) is 11.6 Å². The Labute approximate surface area is 109 Å². The quantitative estimate of drug-likeness (QED) is 0.648. The largest absolute Gasteiger partial charge is 0.433 e. The number of hydrogen-bond acceptors (Lipinski definition) is 1. The van der Waals surface area contributed by atoms with Crippen molar-refractivity contribution in [1.82, 2.24) is 0 Å². The highest BCUT2D eigenvalue weighted by molar-refractivity contribution is 6.30. The van der Waals surface area contributed by atoms with Gasteiger partial charge in [0.2, 0.25) is 0 Å². The first-order valence-corrected chi connectivity index (χ1v) is 5.78. The average molecular weight is 276 g/mol. The van der Waals surface area contributed by atoms with Crippen LogP contribution in [0, 0.1) is 0 Å². The monoisotopic (exact) mass is 275 g/mol. The molecule has 1 nitrogen and oxygen atoms in total. The Morgan fingerprint density at radius 2 is 2.17 bits per heavy atom. The summed E-state index contributed by atoms with van der Waals surface area (Å²) in [6.45, 7) is 5.20. The van der Waals surface area contributed by atoms with Crippen LogP contribution >= 0.6 is 11.6 Å². The Kier molecular flexibility index (Phi) is 4.96. The van der Waals surface area contributed by atoms with Gasteiger partial charge in [-0.1, -0.05) is 42.8 Å². The fraction of sp³-hybridized carbons (Fsp3) is 0.308. The van der Waals surface area contributed by atoms with Crippen molar-refractivity contribution in [2.45, 2.75) is 25.9 Å². The molecule has 1 aliphatic carbocycles. The lowest BCUT2D eigenvalue weighted by atomic mass is 10.0. The van der Waals surface area contributed by atoms with E-state index >= 15 is 0 Å². The summed E-state index contributed by atoms with van der Waals surface area (Å²) in [5.41, 5.74) is 0.414. The van der Waals surface area contributed by atoms with Gasteiger partial charge in [0.25, 0.3) is 0 Å². The molecule has 1 aliphatic rings. The Bertz CT molecular complexity index is 453. The summed E-state index contributed by atoms with van der Waals surface area (Å²) in [7, 11) is 0. The van der Waals surface area contributed by atoms with Gasteiger partial charge < -0.3 is 0 Å². The molecular formula is C13H13ClF3N. The van der Waals surface area contributed by atoms with E-state index in [1.165, 1.54) is 0 Å². The smallest absolute Gasteiger partial charge is 0.248 e. The van der Waals surface area contributed by atoms with Crippen LogP contribution in [0.3, 0.4) is 0 Å². The van der Waals surface area contributed by atoms with Gasteiger partial charge in [0.05, 0.1) is 0 Å². The molecule has 0 spiro atoms. The van der Waals surface area contributed by atoms with Gasteiger partial charge in [-0.15, -0.1) is 0 Å². The molecule has 5 heteroatoms. The van der Waals surface area contributed by atoms with Gasteiger partial charge in [0.1, 0.15) is 5.70 Å². The van der Waals surface area contributed by atoms with Crippen molar-refractivity contribution >= 4 is 17.3 Å². The molecule has 0 saturated heterocycles. The zero-order valence-corrected chi connectivity index (χ0v) is 10.6. The van der Waals surface area contributed by atoms with Crippen molar-refractivity contribution in [3.63, 3.8) is 0 Å². The fourth-order valence-corrected chi connectivity index (χ4v) is 1.50. The average Bonchev–Trinajstić information content (AvgIpc) is 2.27. The minimum absolute atomic E-state index is 0.198. The summed E-state index contributed by atoms with van der Waals surface area (Å²) in [5.74, 6) is 0.